The van der Waals surface area contributed by atoms with Crippen LogP contribution in [0.15, 0.2) is 54.6 Å². The first kappa shape index (κ1) is 14.8. The highest BCUT2D eigenvalue weighted by atomic mass is 16.2. The van der Waals surface area contributed by atoms with Gasteiger partial charge in [-0.05, 0) is 37.1 Å². The van der Waals surface area contributed by atoms with E-state index in [0.29, 0.717) is 5.69 Å². The second kappa shape index (κ2) is 6.70. The quantitative estimate of drug-likeness (QED) is 0.850. The number of aryl methyl sites for hydroxylation is 1. The monoisotopic (exact) mass is 282 g/mol. The number of benzene rings is 2. The molecule has 2 amide bonds. The number of hydrogen-bond donors (Lipinski definition) is 2. The van der Waals surface area contributed by atoms with E-state index in [9.17, 15) is 9.59 Å². The van der Waals surface area contributed by atoms with Gasteiger partial charge in [-0.25, -0.2) is 0 Å². The molecule has 0 spiro atoms. The van der Waals surface area contributed by atoms with Gasteiger partial charge in [-0.2, -0.15) is 0 Å². The first-order chi connectivity index (χ1) is 10.1. The van der Waals surface area contributed by atoms with Crippen molar-refractivity contribution in [3.63, 3.8) is 0 Å². The van der Waals surface area contributed by atoms with Crippen LogP contribution in [-0.4, -0.2) is 11.8 Å². The van der Waals surface area contributed by atoms with Crippen LogP contribution in [0.4, 0.5) is 5.69 Å². The summed E-state index contributed by atoms with van der Waals surface area (Å²) in [5.41, 5.74) is 2.59. The average molecular weight is 282 g/mol. The van der Waals surface area contributed by atoms with Crippen LogP contribution in [0.2, 0.25) is 0 Å². The molecular weight excluding hydrogens is 264 g/mol. The average Bonchev–Trinajstić information content (AvgIpc) is 2.48. The SMILES string of the molecule is Cc1cccc(NC(=O)C(=O)NC(C)c2ccccc2)c1. The molecule has 4 nitrogen and oxygen atoms in total. The Labute approximate surface area is 124 Å². The highest BCUT2D eigenvalue weighted by molar-refractivity contribution is 6.39. The predicted molar refractivity (Wildman–Crippen MR) is 82.8 cm³/mol. The number of carbonyl (C=O) groups is 2. The fraction of sp³-hybridized carbons (Fsp3) is 0.176. The molecule has 0 aromatic heterocycles. The van der Waals surface area contributed by atoms with Crippen molar-refractivity contribution in [1.29, 1.82) is 0 Å². The Morgan fingerprint density at radius 2 is 1.67 bits per heavy atom. The van der Waals surface area contributed by atoms with Crippen LogP contribution in [0.5, 0.6) is 0 Å². The minimum Gasteiger partial charge on any atom is -0.341 e. The summed E-state index contributed by atoms with van der Waals surface area (Å²) in [5.74, 6) is -1.31. The van der Waals surface area contributed by atoms with Crippen LogP contribution in [-0.2, 0) is 9.59 Å². The van der Waals surface area contributed by atoms with Gasteiger partial charge in [0.1, 0.15) is 0 Å². The molecule has 2 aromatic carbocycles. The second-order valence-electron chi connectivity index (χ2n) is 4.93. The maximum absolute atomic E-state index is 11.9. The third-order valence-electron chi connectivity index (χ3n) is 3.13. The standard InChI is InChI=1S/C17H18N2O2/c1-12-7-6-10-15(11-12)19-17(21)16(20)18-13(2)14-8-4-3-5-9-14/h3-11,13H,1-2H3,(H,18,20)(H,19,21). The van der Waals surface area contributed by atoms with Crippen LogP contribution in [0, 0.1) is 6.92 Å². The third-order valence-corrected chi connectivity index (χ3v) is 3.13. The van der Waals surface area contributed by atoms with E-state index in [4.69, 9.17) is 0 Å². The highest BCUT2D eigenvalue weighted by Crippen LogP contribution is 2.12. The number of rotatable bonds is 3. The van der Waals surface area contributed by atoms with E-state index < -0.39 is 11.8 Å². The van der Waals surface area contributed by atoms with Gasteiger partial charge in [0.15, 0.2) is 0 Å². The molecule has 0 saturated carbocycles. The molecule has 0 aliphatic carbocycles. The molecule has 2 N–H and O–H groups in total. The zero-order chi connectivity index (χ0) is 15.2. The van der Waals surface area contributed by atoms with E-state index in [0.717, 1.165) is 11.1 Å². The first-order valence-corrected chi connectivity index (χ1v) is 6.79. The van der Waals surface area contributed by atoms with Crippen molar-refractivity contribution < 1.29 is 9.59 Å². The molecule has 2 rings (SSSR count). The van der Waals surface area contributed by atoms with Gasteiger partial charge >= 0.3 is 11.8 Å². The van der Waals surface area contributed by atoms with Crippen molar-refractivity contribution in [2.75, 3.05) is 5.32 Å². The molecule has 4 heteroatoms. The summed E-state index contributed by atoms with van der Waals surface area (Å²) < 4.78 is 0. The molecule has 2 aromatic rings. The van der Waals surface area contributed by atoms with Crippen LogP contribution in [0.1, 0.15) is 24.1 Å². The van der Waals surface area contributed by atoms with Gasteiger partial charge in [0.25, 0.3) is 0 Å². The summed E-state index contributed by atoms with van der Waals surface area (Å²) >= 11 is 0. The Morgan fingerprint density at radius 3 is 2.33 bits per heavy atom. The minimum absolute atomic E-state index is 0.220. The number of anilines is 1. The van der Waals surface area contributed by atoms with Gasteiger partial charge in [0, 0.05) is 5.69 Å². The topological polar surface area (TPSA) is 58.2 Å². The molecule has 21 heavy (non-hydrogen) atoms. The smallest absolute Gasteiger partial charge is 0.313 e. The maximum atomic E-state index is 11.9. The summed E-state index contributed by atoms with van der Waals surface area (Å²) in [6.45, 7) is 3.76. The van der Waals surface area contributed by atoms with Crippen LogP contribution in [0.25, 0.3) is 0 Å². The van der Waals surface area contributed by atoms with Crippen molar-refractivity contribution in [3.8, 4) is 0 Å². The molecule has 0 radical (unpaired) electrons. The van der Waals surface area contributed by atoms with E-state index >= 15 is 0 Å². The largest absolute Gasteiger partial charge is 0.341 e. The molecule has 0 heterocycles. The van der Waals surface area contributed by atoms with Gasteiger partial charge in [-0.1, -0.05) is 42.5 Å². The zero-order valence-electron chi connectivity index (χ0n) is 12.1. The fourth-order valence-electron chi connectivity index (χ4n) is 2.00. The van der Waals surface area contributed by atoms with Gasteiger partial charge in [-0.15, -0.1) is 0 Å². The molecule has 1 atom stereocenters. The normalized spacial score (nSPS) is 11.5. The molecule has 0 fully saturated rings. The molecule has 108 valence electrons. The lowest BCUT2D eigenvalue weighted by Crippen LogP contribution is -2.36. The Morgan fingerprint density at radius 1 is 0.952 bits per heavy atom. The van der Waals surface area contributed by atoms with Crippen molar-refractivity contribution in [2.24, 2.45) is 0 Å². The summed E-state index contributed by atoms with van der Waals surface area (Å²) in [4.78, 5) is 23.8. The number of hydrogen-bond acceptors (Lipinski definition) is 2. The minimum atomic E-state index is -0.664. The van der Waals surface area contributed by atoms with E-state index in [1.165, 1.54) is 0 Å². The Kier molecular flexibility index (Phi) is 4.72. The van der Waals surface area contributed by atoms with E-state index in [1.807, 2.05) is 62.4 Å². The van der Waals surface area contributed by atoms with E-state index in [-0.39, 0.29) is 6.04 Å². The molecule has 0 saturated heterocycles. The number of carbonyl (C=O) groups excluding carboxylic acids is 2. The fourth-order valence-corrected chi connectivity index (χ4v) is 2.00. The number of nitrogens with one attached hydrogen (secondary N) is 2. The highest BCUT2D eigenvalue weighted by Gasteiger charge is 2.17. The van der Waals surface area contributed by atoms with Gasteiger partial charge in [-0.3, -0.25) is 9.59 Å². The first-order valence-electron chi connectivity index (χ1n) is 6.79. The molecule has 1 unspecified atom stereocenters. The lowest BCUT2D eigenvalue weighted by Gasteiger charge is -2.14. The zero-order valence-corrected chi connectivity index (χ0v) is 12.1. The van der Waals surface area contributed by atoms with E-state index in [2.05, 4.69) is 10.6 Å². The summed E-state index contributed by atoms with van der Waals surface area (Å²) in [7, 11) is 0. The van der Waals surface area contributed by atoms with Crippen LogP contribution >= 0.6 is 0 Å². The summed E-state index contributed by atoms with van der Waals surface area (Å²) in [6.07, 6.45) is 0. The molecule has 0 aliphatic rings. The van der Waals surface area contributed by atoms with Crippen LogP contribution < -0.4 is 10.6 Å². The van der Waals surface area contributed by atoms with Gasteiger partial charge in [0.2, 0.25) is 0 Å². The maximum Gasteiger partial charge on any atom is 0.313 e. The lowest BCUT2D eigenvalue weighted by atomic mass is 10.1. The predicted octanol–water partition coefficient (Wildman–Crippen LogP) is 2.81. The molecule has 0 bridgehead atoms. The van der Waals surface area contributed by atoms with Gasteiger partial charge in [0.05, 0.1) is 6.04 Å². The Hall–Kier alpha value is -2.62. The molecular formula is C17H18N2O2. The summed E-state index contributed by atoms with van der Waals surface area (Å²) in [5, 5.41) is 5.27. The van der Waals surface area contributed by atoms with Crippen molar-refractivity contribution in [1.82, 2.24) is 5.32 Å². The molecule has 0 aliphatic heterocycles. The van der Waals surface area contributed by atoms with Gasteiger partial charge < -0.3 is 10.6 Å². The third kappa shape index (κ3) is 4.18. The summed E-state index contributed by atoms with van der Waals surface area (Å²) in [6, 6.07) is 16.6. The Bertz CT molecular complexity index is 638. The Balaban J connectivity index is 1.95. The van der Waals surface area contributed by atoms with E-state index in [1.54, 1.807) is 6.07 Å². The van der Waals surface area contributed by atoms with Crippen molar-refractivity contribution in [3.05, 3.63) is 65.7 Å². The number of amides is 2. The lowest BCUT2D eigenvalue weighted by molar-refractivity contribution is -0.136. The van der Waals surface area contributed by atoms with Crippen molar-refractivity contribution >= 4 is 17.5 Å². The van der Waals surface area contributed by atoms with Crippen molar-refractivity contribution in [2.45, 2.75) is 19.9 Å². The second-order valence-corrected chi connectivity index (χ2v) is 4.93. The van der Waals surface area contributed by atoms with Crippen LogP contribution in [0.3, 0.4) is 0 Å².